The van der Waals surface area contributed by atoms with Crippen LogP contribution < -0.4 is 0 Å². The van der Waals surface area contributed by atoms with Crippen molar-refractivity contribution < 1.29 is 4.42 Å². The number of nitrogens with zero attached hydrogens (tertiary/aromatic N) is 4. The van der Waals surface area contributed by atoms with Gasteiger partial charge in [0.05, 0.1) is 22.8 Å². The second-order valence-electron chi connectivity index (χ2n) is 16.0. The monoisotopic (exact) mass is 794 g/mol. The van der Waals surface area contributed by atoms with E-state index in [0.717, 1.165) is 94.8 Å². The van der Waals surface area contributed by atoms with Crippen LogP contribution in [0.4, 0.5) is 0 Å². The topological polar surface area (TPSA) is 56.7 Å². The zero-order valence-corrected chi connectivity index (χ0v) is 33.6. The van der Waals surface area contributed by atoms with Crippen LogP contribution in [0.1, 0.15) is 17.2 Å². The second kappa shape index (κ2) is 14.8. The Labute approximate surface area is 359 Å². The molecule has 0 spiro atoms. The number of rotatable bonds is 7. The third kappa shape index (κ3) is 6.22. The van der Waals surface area contributed by atoms with Gasteiger partial charge in [-0.2, -0.15) is 5.10 Å². The molecule has 0 N–H and O–H groups in total. The molecule has 2 aliphatic rings. The molecule has 10 aromatic rings. The molecule has 0 amide bonds. The molecule has 1 aliphatic heterocycles. The summed E-state index contributed by atoms with van der Waals surface area (Å²) in [6, 6.07) is 65.6. The molecule has 3 aromatic heterocycles. The quantitative estimate of drug-likeness (QED) is 0.161. The molecular weight excluding hydrogens is 757 g/mol. The summed E-state index contributed by atoms with van der Waals surface area (Å²) in [5.74, 6) is 0.969. The van der Waals surface area contributed by atoms with Gasteiger partial charge in [0.2, 0.25) is 0 Å². The van der Waals surface area contributed by atoms with Crippen molar-refractivity contribution in [1.29, 1.82) is 0 Å². The molecule has 0 saturated carbocycles. The van der Waals surface area contributed by atoms with Crippen LogP contribution in [-0.4, -0.2) is 19.7 Å². The number of allylic oxidation sites excluding steroid dienone is 5. The number of para-hydroxylation sites is 1. The first-order valence-electron chi connectivity index (χ1n) is 21.1. The van der Waals surface area contributed by atoms with Crippen molar-refractivity contribution >= 4 is 27.6 Å². The van der Waals surface area contributed by atoms with Crippen LogP contribution in [0.5, 0.6) is 0 Å². The Bertz CT molecular complexity index is 3410. The van der Waals surface area contributed by atoms with E-state index in [2.05, 4.69) is 205 Å². The van der Waals surface area contributed by atoms with Gasteiger partial charge in [0.1, 0.15) is 16.9 Å². The lowest BCUT2D eigenvalue weighted by Crippen LogP contribution is -2.21. The molecule has 0 radical (unpaired) electrons. The van der Waals surface area contributed by atoms with Crippen LogP contribution in [-0.2, 0) is 0 Å². The van der Waals surface area contributed by atoms with E-state index in [0.29, 0.717) is 5.82 Å². The predicted octanol–water partition coefficient (Wildman–Crippen LogP) is 14.3. The lowest BCUT2D eigenvalue weighted by atomic mass is 9.79. The Morgan fingerprint density at radius 1 is 0.435 bits per heavy atom. The van der Waals surface area contributed by atoms with E-state index in [1.807, 2.05) is 18.2 Å². The number of fused-ring (bicyclic) bond motifs is 6. The number of hydrogen-bond donors (Lipinski definition) is 0. The highest BCUT2D eigenvalue weighted by Gasteiger charge is 2.35. The first kappa shape index (κ1) is 35.8. The standard InChI is InChI=1S/C57H38N4O/c1-4-16-37(17-5-1)49-36-50(59-57(58-49)45-26-14-23-40(32-45)41-30-31-48-47-28-12-13-29-52(47)62-53(48)35-41)43-24-15-25-44(33-43)54-55(39-20-8-3-9-21-39)60-61-51(38-18-6-2-7-19-38)34-42-22-10-11-27-46(42)56(54)61/h1-36,42,46H. The molecule has 0 saturated heterocycles. The fourth-order valence-electron chi connectivity index (χ4n) is 9.20. The van der Waals surface area contributed by atoms with Gasteiger partial charge in [-0.15, -0.1) is 0 Å². The first-order valence-corrected chi connectivity index (χ1v) is 21.1. The Balaban J connectivity index is 1.01. The van der Waals surface area contributed by atoms with Gasteiger partial charge in [0.15, 0.2) is 5.82 Å². The fraction of sp³-hybridized carbons (Fsp3) is 0.0351. The van der Waals surface area contributed by atoms with Crippen LogP contribution in [0.3, 0.4) is 0 Å². The Morgan fingerprint density at radius 3 is 1.84 bits per heavy atom. The summed E-state index contributed by atoms with van der Waals surface area (Å²) in [7, 11) is 0. The molecule has 0 bridgehead atoms. The lowest BCUT2D eigenvalue weighted by molar-refractivity contribution is 0.624. The summed E-state index contributed by atoms with van der Waals surface area (Å²) in [5.41, 5.74) is 16.2. The zero-order valence-electron chi connectivity index (χ0n) is 33.6. The molecule has 5 heteroatoms. The average Bonchev–Trinajstić information content (AvgIpc) is 3.94. The molecule has 62 heavy (non-hydrogen) atoms. The van der Waals surface area contributed by atoms with Crippen LogP contribution in [0.25, 0.3) is 95.0 Å². The van der Waals surface area contributed by atoms with Gasteiger partial charge in [-0.1, -0.05) is 182 Å². The highest BCUT2D eigenvalue weighted by atomic mass is 16.3. The summed E-state index contributed by atoms with van der Waals surface area (Å²) >= 11 is 0. The highest BCUT2D eigenvalue weighted by molar-refractivity contribution is 6.06. The third-order valence-corrected chi connectivity index (χ3v) is 12.2. The minimum atomic E-state index is 0.117. The Morgan fingerprint density at radius 2 is 1.03 bits per heavy atom. The summed E-state index contributed by atoms with van der Waals surface area (Å²) < 4.78 is 8.47. The van der Waals surface area contributed by atoms with E-state index in [9.17, 15) is 0 Å². The van der Waals surface area contributed by atoms with Crippen LogP contribution in [0.2, 0.25) is 0 Å². The van der Waals surface area contributed by atoms with E-state index in [1.54, 1.807) is 0 Å². The van der Waals surface area contributed by atoms with Gasteiger partial charge in [-0.25, -0.2) is 14.6 Å². The largest absolute Gasteiger partial charge is 0.456 e. The van der Waals surface area contributed by atoms with Crippen LogP contribution in [0, 0.1) is 5.92 Å². The SMILES string of the molecule is C1=CC2C=C(c3ccccc3)n3nc(-c4ccccc4)c(-c4cccc(-c5cc(-c6ccccc6)nc(-c6cccc(-c7ccc8c(c7)oc7ccccc78)c6)n5)c4)c3C2C=C1. The third-order valence-electron chi connectivity index (χ3n) is 12.2. The van der Waals surface area contributed by atoms with Crippen molar-refractivity contribution in [3.05, 3.63) is 230 Å². The van der Waals surface area contributed by atoms with Gasteiger partial charge in [0, 0.05) is 50.4 Å². The fourth-order valence-corrected chi connectivity index (χ4v) is 9.20. The molecule has 1 aliphatic carbocycles. The summed E-state index contributed by atoms with van der Waals surface area (Å²) in [5, 5.41) is 7.71. The number of furan rings is 1. The molecule has 4 heterocycles. The van der Waals surface area contributed by atoms with E-state index >= 15 is 0 Å². The molecule has 2 atom stereocenters. The number of aromatic nitrogens is 4. The minimum absolute atomic E-state index is 0.117. The molecular formula is C57H38N4O. The van der Waals surface area contributed by atoms with Crippen molar-refractivity contribution in [3.63, 3.8) is 0 Å². The van der Waals surface area contributed by atoms with E-state index in [1.165, 1.54) is 5.69 Å². The second-order valence-corrected chi connectivity index (χ2v) is 16.0. The smallest absolute Gasteiger partial charge is 0.160 e. The van der Waals surface area contributed by atoms with Gasteiger partial charge in [-0.05, 0) is 58.7 Å². The molecule has 292 valence electrons. The maximum atomic E-state index is 6.27. The summed E-state index contributed by atoms with van der Waals surface area (Å²) in [6.45, 7) is 0. The number of benzene rings is 7. The van der Waals surface area contributed by atoms with Gasteiger partial charge >= 0.3 is 0 Å². The van der Waals surface area contributed by atoms with Crippen molar-refractivity contribution in [2.45, 2.75) is 5.92 Å². The van der Waals surface area contributed by atoms with Crippen LogP contribution in [0.15, 0.2) is 223 Å². The summed E-state index contributed by atoms with van der Waals surface area (Å²) in [4.78, 5) is 10.6. The average molecular weight is 795 g/mol. The molecule has 5 nitrogen and oxygen atoms in total. The van der Waals surface area contributed by atoms with Crippen molar-refractivity contribution in [2.24, 2.45) is 5.92 Å². The Hall–Kier alpha value is -8.15. The lowest BCUT2D eigenvalue weighted by Gasteiger charge is -2.30. The zero-order chi connectivity index (χ0) is 41.0. The van der Waals surface area contributed by atoms with Gasteiger partial charge in [-0.3, -0.25) is 0 Å². The van der Waals surface area contributed by atoms with E-state index in [4.69, 9.17) is 19.5 Å². The summed E-state index contributed by atoms with van der Waals surface area (Å²) in [6.07, 6.45) is 11.3. The van der Waals surface area contributed by atoms with Crippen molar-refractivity contribution in [3.8, 4) is 67.4 Å². The minimum Gasteiger partial charge on any atom is -0.456 e. The maximum Gasteiger partial charge on any atom is 0.160 e. The normalized spacial score (nSPS) is 15.4. The molecule has 7 aromatic carbocycles. The van der Waals surface area contributed by atoms with Crippen molar-refractivity contribution in [1.82, 2.24) is 19.7 Å². The molecule has 2 unspecified atom stereocenters. The first-order chi connectivity index (χ1) is 30.7. The Kier molecular flexibility index (Phi) is 8.56. The maximum absolute atomic E-state index is 6.27. The molecule has 0 fully saturated rings. The van der Waals surface area contributed by atoms with Gasteiger partial charge < -0.3 is 4.42 Å². The van der Waals surface area contributed by atoms with Crippen LogP contribution >= 0.6 is 0 Å². The van der Waals surface area contributed by atoms with Crippen molar-refractivity contribution in [2.75, 3.05) is 0 Å². The highest BCUT2D eigenvalue weighted by Crippen LogP contribution is 2.48. The van der Waals surface area contributed by atoms with Gasteiger partial charge in [0.25, 0.3) is 0 Å². The van der Waals surface area contributed by atoms with E-state index in [-0.39, 0.29) is 11.8 Å². The number of hydrogen-bond acceptors (Lipinski definition) is 4. The predicted molar refractivity (Wildman–Crippen MR) is 252 cm³/mol. The van der Waals surface area contributed by atoms with E-state index < -0.39 is 0 Å². The molecule has 12 rings (SSSR count).